The van der Waals surface area contributed by atoms with Crippen LogP contribution in [0.3, 0.4) is 0 Å². The maximum atomic E-state index is 12.9. The van der Waals surface area contributed by atoms with Crippen LogP contribution in [0.15, 0.2) is 58.3 Å². The molecule has 0 aliphatic heterocycles. The van der Waals surface area contributed by atoms with E-state index >= 15 is 0 Å². The first-order valence-electron chi connectivity index (χ1n) is 9.26. The van der Waals surface area contributed by atoms with Crippen LogP contribution < -0.4 is 20.6 Å². The Morgan fingerprint density at radius 1 is 1.12 bits per heavy atom. The summed E-state index contributed by atoms with van der Waals surface area (Å²) in [5.74, 6) is 0.728. The smallest absolute Gasteiger partial charge is 0.294 e. The van der Waals surface area contributed by atoms with E-state index in [4.69, 9.17) is 15.2 Å². The summed E-state index contributed by atoms with van der Waals surface area (Å²) in [6.07, 6.45) is 1.48. The lowest BCUT2D eigenvalue weighted by Crippen LogP contribution is -2.19. The summed E-state index contributed by atoms with van der Waals surface area (Å²) in [4.78, 5) is 12.9. The second-order valence-electron chi connectivity index (χ2n) is 6.38. The van der Waals surface area contributed by atoms with Gasteiger partial charge < -0.3 is 15.2 Å². The van der Waals surface area contributed by atoms with Gasteiger partial charge in [-0.15, -0.1) is 5.10 Å². The van der Waals surface area contributed by atoms with Gasteiger partial charge in [-0.1, -0.05) is 29.5 Å². The minimum absolute atomic E-state index is 0.0107. The van der Waals surface area contributed by atoms with Crippen LogP contribution in [-0.2, 0) is 0 Å². The fourth-order valence-corrected chi connectivity index (χ4v) is 2.89. The molecule has 2 aromatic carbocycles. The maximum absolute atomic E-state index is 12.9. The maximum Gasteiger partial charge on any atom is 0.294 e. The highest BCUT2D eigenvalue weighted by Gasteiger charge is 2.25. The van der Waals surface area contributed by atoms with E-state index in [0.717, 1.165) is 5.56 Å². The van der Waals surface area contributed by atoms with Gasteiger partial charge >= 0.3 is 0 Å². The summed E-state index contributed by atoms with van der Waals surface area (Å²) in [6, 6.07) is 14.2. The zero-order valence-electron chi connectivity index (χ0n) is 17.1. The Kier molecular flexibility index (Phi) is 5.74. The van der Waals surface area contributed by atoms with Crippen molar-refractivity contribution in [1.29, 1.82) is 0 Å². The summed E-state index contributed by atoms with van der Waals surface area (Å²) in [7, 11) is 3.10. The number of nitrogens with zero attached hydrogens (tertiary/aromatic N) is 6. The number of nitrogens with one attached hydrogen (secondary N) is 1. The number of methoxy groups -OCH3 is 2. The molecule has 12 nitrogen and oxygen atoms in total. The second-order valence-corrected chi connectivity index (χ2v) is 6.38. The van der Waals surface area contributed by atoms with Crippen LogP contribution in [0.4, 0.5) is 5.82 Å². The zero-order valence-corrected chi connectivity index (χ0v) is 17.1. The summed E-state index contributed by atoms with van der Waals surface area (Å²) in [6.45, 7) is 0. The lowest BCUT2D eigenvalue weighted by atomic mass is 10.1. The van der Waals surface area contributed by atoms with Crippen molar-refractivity contribution in [3.8, 4) is 28.6 Å². The van der Waals surface area contributed by atoms with E-state index in [1.54, 1.807) is 43.5 Å². The highest BCUT2D eigenvalue weighted by Crippen LogP contribution is 2.28. The number of anilines is 1. The number of hydrogen-bond acceptors (Lipinski definition) is 10. The topological polar surface area (TPSA) is 156 Å². The van der Waals surface area contributed by atoms with Crippen LogP contribution in [0.2, 0.25) is 0 Å². The van der Waals surface area contributed by atoms with E-state index in [2.05, 4.69) is 35.8 Å². The Morgan fingerprint density at radius 2 is 1.88 bits per heavy atom. The van der Waals surface area contributed by atoms with Gasteiger partial charge in [0.2, 0.25) is 11.6 Å². The standard InChI is InChI=1S/C20H18N8O4/c1-30-14-7-3-5-12(9-14)11-22-24-20(29)16-17(13-6-4-8-15(10-13)31-2)28(27-23-16)19-18(21)25-32-26-19/h3-11H,1-2H3,(H2,21,25)(H,24,29)/b22-11-. The summed E-state index contributed by atoms with van der Waals surface area (Å²) < 4.78 is 16.4. The van der Waals surface area contributed by atoms with Gasteiger partial charge in [0.1, 0.15) is 17.2 Å². The zero-order chi connectivity index (χ0) is 22.5. The Morgan fingerprint density at radius 3 is 2.59 bits per heavy atom. The molecule has 0 radical (unpaired) electrons. The molecule has 0 saturated carbocycles. The van der Waals surface area contributed by atoms with Crippen LogP contribution in [-0.4, -0.2) is 51.6 Å². The molecule has 4 aromatic rings. The van der Waals surface area contributed by atoms with Crippen LogP contribution in [0.25, 0.3) is 17.1 Å². The molecule has 162 valence electrons. The van der Waals surface area contributed by atoms with Gasteiger partial charge in [0, 0.05) is 5.56 Å². The average Bonchev–Trinajstić information content (AvgIpc) is 3.45. The lowest BCUT2D eigenvalue weighted by molar-refractivity contribution is 0.0950. The highest BCUT2D eigenvalue weighted by molar-refractivity contribution is 5.99. The predicted molar refractivity (Wildman–Crippen MR) is 114 cm³/mol. The number of nitrogens with two attached hydrogens (primary N) is 1. The van der Waals surface area contributed by atoms with Crippen LogP contribution in [0, 0.1) is 0 Å². The minimum Gasteiger partial charge on any atom is -0.497 e. The van der Waals surface area contributed by atoms with Gasteiger partial charge in [-0.05, 0) is 40.1 Å². The number of ether oxygens (including phenoxy) is 2. The molecule has 2 heterocycles. The number of hydrazone groups is 1. The molecule has 0 saturated heterocycles. The number of amides is 1. The first-order chi connectivity index (χ1) is 15.6. The van der Waals surface area contributed by atoms with Crippen molar-refractivity contribution in [1.82, 2.24) is 30.7 Å². The molecule has 32 heavy (non-hydrogen) atoms. The molecular weight excluding hydrogens is 416 g/mol. The average molecular weight is 434 g/mol. The molecule has 1 amide bonds. The van der Waals surface area contributed by atoms with E-state index in [-0.39, 0.29) is 17.3 Å². The summed E-state index contributed by atoms with van der Waals surface area (Å²) >= 11 is 0. The Hall–Kier alpha value is -4.74. The number of benzene rings is 2. The normalized spacial score (nSPS) is 10.9. The molecule has 0 atom stereocenters. The number of nitrogen functional groups attached to an aromatic ring is 1. The third kappa shape index (κ3) is 4.09. The van der Waals surface area contributed by atoms with Crippen molar-refractivity contribution in [3.05, 3.63) is 59.8 Å². The minimum atomic E-state index is -0.594. The van der Waals surface area contributed by atoms with Crippen LogP contribution >= 0.6 is 0 Å². The lowest BCUT2D eigenvalue weighted by Gasteiger charge is -2.07. The summed E-state index contributed by atoms with van der Waals surface area (Å²) in [5, 5.41) is 19.3. The number of hydrogen-bond donors (Lipinski definition) is 2. The fraction of sp³-hybridized carbons (Fsp3) is 0.100. The van der Waals surface area contributed by atoms with E-state index in [1.807, 2.05) is 12.1 Å². The number of aromatic nitrogens is 5. The number of carbonyl (C=O) groups excluding carboxylic acids is 1. The molecule has 0 bridgehead atoms. The van der Waals surface area contributed by atoms with E-state index in [9.17, 15) is 4.79 Å². The molecule has 0 unspecified atom stereocenters. The molecule has 2 aromatic heterocycles. The van der Waals surface area contributed by atoms with Crippen molar-refractivity contribution >= 4 is 17.9 Å². The SMILES string of the molecule is COc1cccc(/C=N\NC(=O)c2nnn(-c3nonc3N)c2-c2cccc(OC)c2)c1. The van der Waals surface area contributed by atoms with Crippen molar-refractivity contribution in [2.24, 2.45) is 5.10 Å². The van der Waals surface area contributed by atoms with Gasteiger partial charge in [0.25, 0.3) is 5.91 Å². The molecule has 0 fully saturated rings. The quantitative estimate of drug-likeness (QED) is 0.326. The Balaban J connectivity index is 1.68. The fourth-order valence-electron chi connectivity index (χ4n) is 2.89. The predicted octanol–water partition coefficient (Wildman–Crippen LogP) is 1.68. The van der Waals surface area contributed by atoms with Crippen molar-refractivity contribution < 1.29 is 18.9 Å². The monoisotopic (exact) mass is 434 g/mol. The first-order valence-corrected chi connectivity index (χ1v) is 9.26. The van der Waals surface area contributed by atoms with Crippen LogP contribution in [0.1, 0.15) is 16.1 Å². The molecule has 0 aliphatic carbocycles. The largest absolute Gasteiger partial charge is 0.497 e. The Bertz CT molecular complexity index is 1280. The second kappa shape index (κ2) is 8.95. The molecular formula is C20H18N8O4. The highest BCUT2D eigenvalue weighted by atomic mass is 16.6. The molecule has 0 aliphatic rings. The number of carbonyl (C=O) groups is 1. The van der Waals surface area contributed by atoms with Gasteiger partial charge in [0.05, 0.1) is 20.4 Å². The third-order valence-electron chi connectivity index (χ3n) is 4.40. The van der Waals surface area contributed by atoms with Crippen molar-refractivity contribution in [2.45, 2.75) is 0 Å². The summed E-state index contributed by atoms with van der Waals surface area (Å²) in [5.41, 5.74) is 9.88. The Labute approximate surface area is 181 Å². The van der Waals surface area contributed by atoms with Gasteiger partial charge in [-0.25, -0.2) is 10.1 Å². The van der Waals surface area contributed by atoms with E-state index in [1.165, 1.54) is 18.0 Å². The first kappa shape index (κ1) is 20.5. The number of rotatable bonds is 7. The van der Waals surface area contributed by atoms with Crippen LogP contribution in [0.5, 0.6) is 11.5 Å². The molecule has 0 spiro atoms. The van der Waals surface area contributed by atoms with E-state index < -0.39 is 5.91 Å². The van der Waals surface area contributed by atoms with Crippen molar-refractivity contribution in [2.75, 3.05) is 20.0 Å². The third-order valence-corrected chi connectivity index (χ3v) is 4.40. The molecule has 4 rings (SSSR count). The van der Waals surface area contributed by atoms with Crippen molar-refractivity contribution in [3.63, 3.8) is 0 Å². The molecule has 12 heteroatoms. The van der Waals surface area contributed by atoms with E-state index in [0.29, 0.717) is 22.8 Å². The van der Waals surface area contributed by atoms with Gasteiger partial charge in [-0.2, -0.15) is 9.78 Å². The molecule has 3 N–H and O–H groups in total. The van der Waals surface area contributed by atoms with Gasteiger partial charge in [0.15, 0.2) is 5.69 Å². The van der Waals surface area contributed by atoms with Gasteiger partial charge in [-0.3, -0.25) is 4.79 Å².